The Morgan fingerprint density at radius 3 is 2.40 bits per heavy atom. The minimum absolute atomic E-state index is 0.0240. The van der Waals surface area contributed by atoms with Crippen LogP contribution in [-0.2, 0) is 10.0 Å². The number of benzene rings is 2. The molecule has 1 aliphatic rings. The second kappa shape index (κ2) is 9.47. The van der Waals surface area contributed by atoms with Crippen molar-refractivity contribution in [2.45, 2.75) is 24.8 Å². The molecule has 1 saturated heterocycles. The van der Waals surface area contributed by atoms with Crippen LogP contribution in [0.25, 0.3) is 0 Å². The van der Waals surface area contributed by atoms with Gasteiger partial charge in [0.1, 0.15) is 4.90 Å². The van der Waals surface area contributed by atoms with Gasteiger partial charge < -0.3 is 9.80 Å². The summed E-state index contributed by atoms with van der Waals surface area (Å²) in [4.78, 5) is 17.4. The van der Waals surface area contributed by atoms with E-state index in [1.807, 2.05) is 42.3 Å². The predicted octanol–water partition coefficient (Wildman–Crippen LogP) is 3.50. The first-order valence-electron chi connectivity index (χ1n) is 10.1. The van der Waals surface area contributed by atoms with E-state index in [1.165, 1.54) is 16.4 Å². The van der Waals surface area contributed by atoms with Gasteiger partial charge >= 0.3 is 0 Å². The van der Waals surface area contributed by atoms with Gasteiger partial charge in [-0.15, -0.1) is 0 Å². The van der Waals surface area contributed by atoms with E-state index in [0.29, 0.717) is 31.7 Å². The maximum absolute atomic E-state index is 13.4. The third-order valence-electron chi connectivity index (χ3n) is 5.53. The number of nitrogens with zero attached hydrogens (tertiary/aromatic N) is 3. The zero-order chi connectivity index (χ0) is 21.9. The summed E-state index contributed by atoms with van der Waals surface area (Å²) in [5, 5.41) is 0.122. The number of hydrogen-bond donors (Lipinski definition) is 0. The molecule has 1 fully saturated rings. The molecule has 30 heavy (non-hydrogen) atoms. The number of rotatable bonds is 6. The quantitative estimate of drug-likeness (QED) is 0.677. The number of carbonyl (C=O) groups is 1. The van der Waals surface area contributed by atoms with Crippen LogP contribution in [0.4, 0.5) is 0 Å². The smallest absolute Gasteiger partial charge is 0.254 e. The summed E-state index contributed by atoms with van der Waals surface area (Å²) in [5.41, 5.74) is 1.39. The van der Waals surface area contributed by atoms with Gasteiger partial charge in [0.15, 0.2) is 0 Å². The number of piperazine rings is 1. The second-order valence-corrected chi connectivity index (χ2v) is 9.74. The fraction of sp³-hybridized carbons (Fsp3) is 0.409. The highest BCUT2D eigenvalue weighted by molar-refractivity contribution is 7.89. The molecule has 0 radical (unpaired) electrons. The van der Waals surface area contributed by atoms with Crippen molar-refractivity contribution < 1.29 is 13.2 Å². The molecule has 162 valence electrons. The van der Waals surface area contributed by atoms with E-state index in [9.17, 15) is 13.2 Å². The summed E-state index contributed by atoms with van der Waals surface area (Å²) in [6.07, 6.45) is 0. The highest BCUT2D eigenvalue weighted by Gasteiger charge is 2.32. The van der Waals surface area contributed by atoms with E-state index in [4.69, 9.17) is 11.6 Å². The SMILES string of the molecule is CCN(CC)S(=O)(=O)c1cc(C(=O)N2CCN(C)CC2c2ccccc2)ccc1Cl. The van der Waals surface area contributed by atoms with Crippen LogP contribution in [0.3, 0.4) is 0 Å². The van der Waals surface area contributed by atoms with Gasteiger partial charge in [-0.3, -0.25) is 4.79 Å². The van der Waals surface area contributed by atoms with Crippen molar-refractivity contribution in [3.8, 4) is 0 Å². The zero-order valence-corrected chi connectivity index (χ0v) is 19.2. The number of sulfonamides is 1. The molecule has 2 aromatic carbocycles. The molecule has 1 amide bonds. The van der Waals surface area contributed by atoms with Crippen LogP contribution in [-0.4, -0.2) is 68.2 Å². The van der Waals surface area contributed by atoms with E-state index in [2.05, 4.69) is 4.90 Å². The average Bonchev–Trinajstić information content (AvgIpc) is 2.74. The van der Waals surface area contributed by atoms with Gasteiger partial charge in [0.25, 0.3) is 5.91 Å². The van der Waals surface area contributed by atoms with Crippen molar-refractivity contribution in [3.05, 3.63) is 64.7 Å². The highest BCUT2D eigenvalue weighted by atomic mass is 35.5. The van der Waals surface area contributed by atoms with Crippen LogP contribution in [0, 0.1) is 0 Å². The lowest BCUT2D eigenvalue weighted by atomic mass is 10.0. The fourth-order valence-electron chi connectivity index (χ4n) is 3.83. The largest absolute Gasteiger partial charge is 0.329 e. The van der Waals surface area contributed by atoms with Gasteiger partial charge in [-0.05, 0) is 30.8 Å². The molecule has 0 bridgehead atoms. The molecule has 1 heterocycles. The Kier molecular flexibility index (Phi) is 7.18. The van der Waals surface area contributed by atoms with Gasteiger partial charge in [-0.25, -0.2) is 8.42 Å². The van der Waals surface area contributed by atoms with Gasteiger partial charge in [0, 0.05) is 38.3 Å². The van der Waals surface area contributed by atoms with Crippen molar-refractivity contribution in [3.63, 3.8) is 0 Å². The normalized spacial score (nSPS) is 18.0. The van der Waals surface area contributed by atoms with Crippen molar-refractivity contribution in [1.82, 2.24) is 14.1 Å². The average molecular weight is 450 g/mol. The molecule has 0 aliphatic carbocycles. The molecule has 1 unspecified atom stereocenters. The zero-order valence-electron chi connectivity index (χ0n) is 17.6. The molecule has 2 aromatic rings. The molecule has 8 heteroatoms. The number of hydrogen-bond acceptors (Lipinski definition) is 4. The molecule has 6 nitrogen and oxygen atoms in total. The van der Waals surface area contributed by atoms with E-state index in [0.717, 1.165) is 12.1 Å². The van der Waals surface area contributed by atoms with Crippen molar-refractivity contribution in [2.75, 3.05) is 39.8 Å². The summed E-state index contributed by atoms with van der Waals surface area (Å²) >= 11 is 6.24. The third-order valence-corrected chi connectivity index (χ3v) is 8.06. The lowest BCUT2D eigenvalue weighted by molar-refractivity contribution is 0.0498. The Labute approximate surface area is 184 Å². The Morgan fingerprint density at radius 1 is 1.10 bits per heavy atom. The van der Waals surface area contributed by atoms with Gasteiger partial charge in [0.2, 0.25) is 10.0 Å². The Bertz CT molecular complexity index is 994. The number of likely N-dealkylation sites (N-methyl/N-ethyl adjacent to an activating group) is 1. The molecule has 0 aromatic heterocycles. The Hall–Kier alpha value is -1.93. The first-order chi connectivity index (χ1) is 14.3. The van der Waals surface area contributed by atoms with Crippen molar-refractivity contribution >= 4 is 27.5 Å². The monoisotopic (exact) mass is 449 g/mol. The van der Waals surface area contributed by atoms with E-state index in [-0.39, 0.29) is 21.9 Å². The van der Waals surface area contributed by atoms with Crippen LogP contribution >= 0.6 is 11.6 Å². The Balaban J connectivity index is 1.98. The lowest BCUT2D eigenvalue weighted by Gasteiger charge is -2.40. The van der Waals surface area contributed by atoms with Gasteiger partial charge in [-0.2, -0.15) is 4.31 Å². The van der Waals surface area contributed by atoms with Crippen LogP contribution in [0.15, 0.2) is 53.4 Å². The molecule has 0 spiro atoms. The summed E-state index contributed by atoms with van der Waals surface area (Å²) in [6.45, 7) is 6.26. The van der Waals surface area contributed by atoms with Crippen molar-refractivity contribution in [1.29, 1.82) is 0 Å². The molecule has 0 N–H and O–H groups in total. The number of amides is 1. The number of halogens is 1. The van der Waals surface area contributed by atoms with Crippen LogP contribution in [0.5, 0.6) is 0 Å². The number of carbonyl (C=O) groups excluding carboxylic acids is 1. The summed E-state index contributed by atoms with van der Waals surface area (Å²) in [5.74, 6) is -0.190. The van der Waals surface area contributed by atoms with Crippen LogP contribution in [0.1, 0.15) is 35.8 Å². The first kappa shape index (κ1) is 22.7. The van der Waals surface area contributed by atoms with Crippen LogP contribution in [0.2, 0.25) is 5.02 Å². The van der Waals surface area contributed by atoms with Crippen molar-refractivity contribution in [2.24, 2.45) is 0 Å². The second-order valence-electron chi connectivity index (χ2n) is 7.42. The van der Waals surface area contributed by atoms with Gasteiger partial charge in [0.05, 0.1) is 11.1 Å². The summed E-state index contributed by atoms with van der Waals surface area (Å²) in [6, 6.07) is 14.3. The maximum atomic E-state index is 13.4. The molecule has 0 saturated carbocycles. The van der Waals surface area contributed by atoms with E-state index >= 15 is 0 Å². The molecule has 3 rings (SSSR count). The van der Waals surface area contributed by atoms with E-state index < -0.39 is 10.0 Å². The molecule has 1 aliphatic heterocycles. The third kappa shape index (κ3) is 4.54. The Morgan fingerprint density at radius 2 is 1.77 bits per heavy atom. The predicted molar refractivity (Wildman–Crippen MR) is 119 cm³/mol. The molecular formula is C22H28ClN3O3S. The maximum Gasteiger partial charge on any atom is 0.254 e. The summed E-state index contributed by atoms with van der Waals surface area (Å²) < 4.78 is 27.3. The first-order valence-corrected chi connectivity index (χ1v) is 12.0. The summed E-state index contributed by atoms with van der Waals surface area (Å²) in [7, 11) is -1.73. The fourth-order valence-corrected chi connectivity index (χ4v) is 5.78. The molecular weight excluding hydrogens is 422 g/mol. The minimum Gasteiger partial charge on any atom is -0.329 e. The topological polar surface area (TPSA) is 60.9 Å². The molecule has 1 atom stereocenters. The minimum atomic E-state index is -3.77. The van der Waals surface area contributed by atoms with Crippen LogP contribution < -0.4 is 0 Å². The standard InChI is InChI=1S/C22H28ClN3O3S/c1-4-25(5-2)30(28,29)21-15-18(11-12-19(21)23)22(27)26-14-13-24(3)16-20(26)17-9-7-6-8-10-17/h6-12,15,20H,4-5,13-14,16H2,1-3H3. The van der Waals surface area contributed by atoms with E-state index in [1.54, 1.807) is 19.9 Å². The van der Waals surface area contributed by atoms with Gasteiger partial charge in [-0.1, -0.05) is 55.8 Å². The highest BCUT2D eigenvalue weighted by Crippen LogP contribution is 2.30. The lowest BCUT2D eigenvalue weighted by Crippen LogP contribution is -2.49.